The molecule has 3 aromatic carbocycles. The van der Waals surface area contributed by atoms with Gasteiger partial charge in [0.25, 0.3) is 0 Å². The topological polar surface area (TPSA) is 86.2 Å². The summed E-state index contributed by atoms with van der Waals surface area (Å²) in [6, 6.07) is 21.6. The van der Waals surface area contributed by atoms with Crippen LogP contribution in [0.15, 0.2) is 66.7 Å². The summed E-state index contributed by atoms with van der Waals surface area (Å²) in [5.74, 6) is 3.06. The molecule has 1 heterocycles. The van der Waals surface area contributed by atoms with Crippen molar-refractivity contribution in [2.24, 2.45) is 5.92 Å². The zero-order valence-electron chi connectivity index (χ0n) is 24.6. The highest BCUT2D eigenvalue weighted by Crippen LogP contribution is 2.40. The van der Waals surface area contributed by atoms with Gasteiger partial charge in [0.05, 0.1) is 0 Å². The monoisotopic (exact) mass is 571 g/mol. The molecule has 2 aliphatic rings. The third-order valence-corrected chi connectivity index (χ3v) is 7.90. The summed E-state index contributed by atoms with van der Waals surface area (Å²) >= 11 is 0. The second-order valence-corrected chi connectivity index (χ2v) is 11.0. The third-order valence-electron chi connectivity index (χ3n) is 7.90. The van der Waals surface area contributed by atoms with Gasteiger partial charge in [-0.25, -0.2) is 0 Å². The first-order valence-corrected chi connectivity index (χ1v) is 15.0. The lowest BCUT2D eigenvalue weighted by molar-refractivity contribution is -0.131. The molecule has 0 spiro atoms. The van der Waals surface area contributed by atoms with E-state index in [9.17, 15) is 9.90 Å². The molecule has 1 saturated carbocycles. The Labute approximate surface area is 248 Å². The number of hydrogen-bond donors (Lipinski definition) is 2. The number of allylic oxidation sites excluding steroid dienone is 1. The third kappa shape index (κ3) is 7.72. The lowest BCUT2D eigenvalue weighted by atomic mass is 9.88. The number of rotatable bonds is 12. The second-order valence-electron chi connectivity index (χ2n) is 11.0. The Hall–Kier alpha value is -3.81. The standard InChI is InChI=1S/C35H41NO6/c1-3-32(28-13-18-33-34(19-28)41-23-40-33)35(27-11-16-31(17-12-27)42-24(2)37)26-9-14-30(15-10-26)39-22-29(38)21-36-20-25-7-5-4-6-8-25/h9-19,25,29,36,38H,3-8,20-23H2,1-2H3. The second kappa shape index (κ2) is 14.4. The van der Waals surface area contributed by atoms with Gasteiger partial charge in [-0.3, -0.25) is 4.79 Å². The molecule has 0 saturated heterocycles. The lowest BCUT2D eigenvalue weighted by Crippen LogP contribution is -2.34. The predicted molar refractivity (Wildman–Crippen MR) is 164 cm³/mol. The predicted octanol–water partition coefficient (Wildman–Crippen LogP) is 6.62. The Morgan fingerprint density at radius 3 is 2.21 bits per heavy atom. The van der Waals surface area contributed by atoms with Gasteiger partial charge in [0, 0.05) is 13.5 Å². The summed E-state index contributed by atoms with van der Waals surface area (Å²) in [6.45, 7) is 5.47. The van der Waals surface area contributed by atoms with Crippen LogP contribution < -0.4 is 24.3 Å². The van der Waals surface area contributed by atoms with Crippen LogP contribution in [0.25, 0.3) is 11.1 Å². The molecule has 2 N–H and O–H groups in total. The van der Waals surface area contributed by atoms with Crippen LogP contribution >= 0.6 is 0 Å². The van der Waals surface area contributed by atoms with Crippen LogP contribution in [0.4, 0.5) is 0 Å². The molecule has 0 aromatic heterocycles. The van der Waals surface area contributed by atoms with Crippen molar-refractivity contribution in [3.63, 3.8) is 0 Å². The van der Waals surface area contributed by atoms with Crippen LogP contribution in [0.3, 0.4) is 0 Å². The van der Waals surface area contributed by atoms with E-state index in [1.165, 1.54) is 39.0 Å². The number of carbonyl (C=O) groups is 1. The van der Waals surface area contributed by atoms with Crippen molar-refractivity contribution in [3.05, 3.63) is 83.4 Å². The number of benzene rings is 3. The fraction of sp³-hybridized carbons (Fsp3) is 0.400. The van der Waals surface area contributed by atoms with E-state index >= 15 is 0 Å². The average Bonchev–Trinajstić information content (AvgIpc) is 3.48. The number of aliphatic hydroxyl groups is 1. The van der Waals surface area contributed by atoms with Crippen molar-refractivity contribution in [3.8, 4) is 23.0 Å². The molecule has 1 aliphatic carbocycles. The quantitative estimate of drug-likeness (QED) is 0.144. The minimum atomic E-state index is -0.572. The first-order valence-electron chi connectivity index (χ1n) is 15.0. The first-order chi connectivity index (χ1) is 20.5. The van der Waals surface area contributed by atoms with Gasteiger partial charge in [-0.05, 0) is 96.0 Å². The lowest BCUT2D eigenvalue weighted by Gasteiger charge is -2.22. The molecule has 222 valence electrons. The zero-order chi connectivity index (χ0) is 29.3. The Morgan fingerprint density at radius 2 is 1.55 bits per heavy atom. The molecule has 7 heteroatoms. The van der Waals surface area contributed by atoms with E-state index in [4.69, 9.17) is 18.9 Å². The maximum atomic E-state index is 11.4. The molecule has 0 radical (unpaired) electrons. The molecule has 1 atom stereocenters. The normalized spacial score (nSPS) is 16.1. The van der Waals surface area contributed by atoms with Crippen molar-refractivity contribution in [1.29, 1.82) is 0 Å². The van der Waals surface area contributed by atoms with Gasteiger partial charge in [0.2, 0.25) is 6.79 Å². The first kappa shape index (κ1) is 29.7. The van der Waals surface area contributed by atoms with Gasteiger partial charge in [-0.2, -0.15) is 0 Å². The summed E-state index contributed by atoms with van der Waals surface area (Å²) in [5.41, 5.74) is 5.26. The fourth-order valence-corrected chi connectivity index (χ4v) is 5.79. The number of carbonyl (C=O) groups excluding carboxylic acids is 1. The van der Waals surface area contributed by atoms with E-state index in [0.29, 0.717) is 18.0 Å². The van der Waals surface area contributed by atoms with Crippen LogP contribution in [0.1, 0.15) is 69.1 Å². The fourth-order valence-electron chi connectivity index (χ4n) is 5.79. The molecule has 0 bridgehead atoms. The van der Waals surface area contributed by atoms with E-state index in [1.54, 1.807) is 0 Å². The smallest absolute Gasteiger partial charge is 0.308 e. The van der Waals surface area contributed by atoms with E-state index in [-0.39, 0.29) is 19.4 Å². The minimum Gasteiger partial charge on any atom is -0.491 e. The van der Waals surface area contributed by atoms with E-state index in [0.717, 1.165) is 58.2 Å². The Bertz CT molecular complexity index is 1360. The Balaban J connectivity index is 1.33. The van der Waals surface area contributed by atoms with Gasteiger partial charge in [0.1, 0.15) is 24.2 Å². The average molecular weight is 572 g/mol. The van der Waals surface area contributed by atoms with Gasteiger partial charge in [-0.15, -0.1) is 0 Å². The number of hydrogen-bond acceptors (Lipinski definition) is 7. The molecule has 7 nitrogen and oxygen atoms in total. The van der Waals surface area contributed by atoms with Gasteiger partial charge in [-0.1, -0.05) is 56.5 Å². The summed E-state index contributed by atoms with van der Waals surface area (Å²) in [4.78, 5) is 11.4. The highest BCUT2D eigenvalue weighted by atomic mass is 16.7. The van der Waals surface area contributed by atoms with Crippen molar-refractivity contribution >= 4 is 17.1 Å². The number of fused-ring (bicyclic) bond motifs is 1. The highest BCUT2D eigenvalue weighted by molar-refractivity contribution is 5.99. The highest BCUT2D eigenvalue weighted by Gasteiger charge is 2.19. The van der Waals surface area contributed by atoms with Gasteiger partial charge < -0.3 is 29.4 Å². The summed E-state index contributed by atoms with van der Waals surface area (Å²) in [6.07, 6.45) is 6.77. The van der Waals surface area contributed by atoms with E-state index in [2.05, 4.69) is 18.3 Å². The van der Waals surface area contributed by atoms with Crippen LogP contribution in [-0.4, -0.2) is 43.7 Å². The maximum absolute atomic E-state index is 11.4. The van der Waals surface area contributed by atoms with Gasteiger partial charge >= 0.3 is 5.97 Å². The molecule has 1 fully saturated rings. The van der Waals surface area contributed by atoms with E-state index in [1.807, 2.05) is 60.7 Å². The van der Waals surface area contributed by atoms with Crippen molar-refractivity contribution in [2.75, 3.05) is 26.5 Å². The largest absolute Gasteiger partial charge is 0.491 e. The molecule has 5 rings (SSSR count). The number of ether oxygens (including phenoxy) is 4. The number of nitrogens with one attached hydrogen (secondary N) is 1. The Kier molecular flexibility index (Phi) is 10.2. The molecule has 42 heavy (non-hydrogen) atoms. The SMILES string of the molecule is CCC(=C(c1ccc(OCC(O)CNCC2CCCCC2)cc1)c1ccc(OC(C)=O)cc1)c1ccc2c(c1)OCO2. The van der Waals surface area contributed by atoms with Crippen molar-refractivity contribution < 1.29 is 28.8 Å². The molecule has 0 amide bonds. The number of aliphatic hydroxyl groups excluding tert-OH is 1. The summed E-state index contributed by atoms with van der Waals surface area (Å²) in [5, 5.41) is 13.9. The molecule has 1 unspecified atom stereocenters. The minimum absolute atomic E-state index is 0.223. The Morgan fingerprint density at radius 1 is 0.905 bits per heavy atom. The molecular formula is C35H41NO6. The van der Waals surface area contributed by atoms with E-state index < -0.39 is 6.10 Å². The summed E-state index contributed by atoms with van der Waals surface area (Å²) in [7, 11) is 0. The number of esters is 1. The van der Waals surface area contributed by atoms with Crippen molar-refractivity contribution in [2.45, 2.75) is 58.5 Å². The van der Waals surface area contributed by atoms with Crippen LogP contribution in [0.5, 0.6) is 23.0 Å². The summed E-state index contributed by atoms with van der Waals surface area (Å²) < 4.78 is 22.4. The van der Waals surface area contributed by atoms with Crippen LogP contribution in [0, 0.1) is 5.92 Å². The molecule has 3 aromatic rings. The molecule has 1 aliphatic heterocycles. The van der Waals surface area contributed by atoms with Crippen LogP contribution in [-0.2, 0) is 4.79 Å². The zero-order valence-corrected chi connectivity index (χ0v) is 24.6. The molecular weight excluding hydrogens is 530 g/mol. The maximum Gasteiger partial charge on any atom is 0.308 e. The van der Waals surface area contributed by atoms with Crippen molar-refractivity contribution in [1.82, 2.24) is 5.32 Å². The van der Waals surface area contributed by atoms with Crippen LogP contribution in [0.2, 0.25) is 0 Å². The van der Waals surface area contributed by atoms with Gasteiger partial charge in [0.15, 0.2) is 11.5 Å².